The molecule has 6 atom stereocenters. The number of benzene rings is 3. The Bertz CT molecular complexity index is 1200. The van der Waals surface area contributed by atoms with Crippen LogP contribution in [0.5, 0.6) is 0 Å². The smallest absolute Gasteiger partial charge is 0.340 e. The molecular formula is C24H21N3O6. The van der Waals surface area contributed by atoms with E-state index in [0.717, 1.165) is 16.3 Å². The largest absolute Gasteiger partial charge is 0.432 e. The molecule has 33 heavy (non-hydrogen) atoms. The van der Waals surface area contributed by atoms with Crippen molar-refractivity contribution >= 4 is 16.7 Å². The van der Waals surface area contributed by atoms with Gasteiger partial charge in [0.25, 0.3) is 0 Å². The van der Waals surface area contributed by atoms with Crippen LogP contribution in [0.3, 0.4) is 0 Å². The van der Waals surface area contributed by atoms with Crippen LogP contribution in [0.4, 0.5) is 0 Å². The van der Waals surface area contributed by atoms with Gasteiger partial charge in [0.1, 0.15) is 18.2 Å². The Morgan fingerprint density at radius 1 is 1.03 bits per heavy atom. The molecule has 0 radical (unpaired) electrons. The fourth-order valence-electron chi connectivity index (χ4n) is 4.13. The van der Waals surface area contributed by atoms with Crippen LogP contribution >= 0.6 is 0 Å². The Kier molecular flexibility index (Phi) is 5.95. The average molecular weight is 447 g/mol. The van der Waals surface area contributed by atoms with Crippen molar-refractivity contribution in [3.8, 4) is 0 Å². The summed E-state index contributed by atoms with van der Waals surface area (Å²) >= 11 is 0. The maximum absolute atomic E-state index is 12.5. The number of nitrogens with zero attached hydrogens (tertiary/aromatic N) is 3. The lowest BCUT2D eigenvalue weighted by atomic mass is 9.96. The fraction of sp³-hybridized carbons (Fsp3) is 0.292. The van der Waals surface area contributed by atoms with Crippen LogP contribution in [0.1, 0.15) is 22.2 Å². The van der Waals surface area contributed by atoms with Gasteiger partial charge in [-0.05, 0) is 34.5 Å². The quantitative estimate of drug-likeness (QED) is 0.280. The number of esters is 1. The number of rotatable bonds is 4. The summed E-state index contributed by atoms with van der Waals surface area (Å²) in [5, 5.41) is 16.7. The van der Waals surface area contributed by atoms with Crippen LogP contribution in [0, 0.1) is 0 Å². The molecule has 2 saturated heterocycles. The van der Waals surface area contributed by atoms with E-state index in [0.29, 0.717) is 5.56 Å². The summed E-state index contributed by atoms with van der Waals surface area (Å²) in [6.45, 7) is 0.0988. The zero-order valence-corrected chi connectivity index (χ0v) is 17.4. The zero-order valence-electron chi connectivity index (χ0n) is 17.4. The summed E-state index contributed by atoms with van der Waals surface area (Å²) in [7, 11) is 0. The topological polar surface area (TPSA) is 123 Å². The van der Waals surface area contributed by atoms with E-state index < -0.39 is 42.9 Å². The van der Waals surface area contributed by atoms with Gasteiger partial charge in [-0.1, -0.05) is 59.7 Å². The van der Waals surface area contributed by atoms with Crippen LogP contribution in [0.15, 0.2) is 77.9 Å². The molecule has 9 heteroatoms. The molecule has 168 valence electrons. The summed E-state index contributed by atoms with van der Waals surface area (Å²) in [6.07, 6.45) is -4.83. The molecule has 0 bridgehead atoms. The highest BCUT2D eigenvalue weighted by Gasteiger charge is 2.50. The number of fused-ring (bicyclic) bond motifs is 2. The molecule has 0 amide bonds. The first-order valence-electron chi connectivity index (χ1n) is 10.5. The van der Waals surface area contributed by atoms with Crippen molar-refractivity contribution < 1.29 is 28.8 Å². The second-order valence-corrected chi connectivity index (χ2v) is 7.87. The maximum atomic E-state index is 12.5. The average Bonchev–Trinajstić information content (AvgIpc) is 2.86. The Hall–Kier alpha value is -3.46. The lowest BCUT2D eigenvalue weighted by Crippen LogP contribution is -2.61. The van der Waals surface area contributed by atoms with Gasteiger partial charge in [-0.25, -0.2) is 4.79 Å². The molecule has 2 fully saturated rings. The minimum Gasteiger partial charge on any atom is -0.432 e. The third-order valence-corrected chi connectivity index (χ3v) is 5.80. The normalized spacial score (nSPS) is 29.0. The van der Waals surface area contributed by atoms with Crippen LogP contribution in [0.25, 0.3) is 21.2 Å². The third-order valence-electron chi connectivity index (χ3n) is 5.80. The van der Waals surface area contributed by atoms with Crippen LogP contribution in [0.2, 0.25) is 0 Å². The second-order valence-electron chi connectivity index (χ2n) is 7.87. The van der Waals surface area contributed by atoms with Gasteiger partial charge < -0.3 is 24.1 Å². The predicted octanol–water partition coefficient (Wildman–Crippen LogP) is 3.88. The number of carbonyl (C=O) groups is 1. The van der Waals surface area contributed by atoms with Crippen molar-refractivity contribution in [2.45, 2.75) is 36.9 Å². The van der Waals surface area contributed by atoms with E-state index in [-0.39, 0.29) is 6.61 Å². The summed E-state index contributed by atoms with van der Waals surface area (Å²) in [6, 6.07) is 20.9. The van der Waals surface area contributed by atoms with Gasteiger partial charge in [-0.15, -0.1) is 0 Å². The first kappa shape index (κ1) is 21.4. The molecular weight excluding hydrogens is 426 g/mol. The first-order chi connectivity index (χ1) is 16.1. The Morgan fingerprint density at radius 3 is 2.58 bits per heavy atom. The molecule has 0 spiro atoms. The number of carbonyl (C=O) groups excluding carboxylic acids is 1. The highest BCUT2D eigenvalue weighted by Crippen LogP contribution is 2.36. The highest BCUT2D eigenvalue weighted by molar-refractivity contribution is 5.89. The third kappa shape index (κ3) is 4.28. The highest BCUT2D eigenvalue weighted by atomic mass is 16.8. The predicted molar refractivity (Wildman–Crippen MR) is 117 cm³/mol. The Balaban J connectivity index is 1.34. The molecule has 1 N–H and O–H groups in total. The van der Waals surface area contributed by atoms with E-state index >= 15 is 0 Å². The van der Waals surface area contributed by atoms with Gasteiger partial charge in [0.05, 0.1) is 18.3 Å². The van der Waals surface area contributed by atoms with Crippen LogP contribution in [-0.2, 0) is 18.9 Å². The van der Waals surface area contributed by atoms with Crippen LogP contribution in [-0.4, -0.2) is 48.3 Å². The van der Waals surface area contributed by atoms with E-state index in [4.69, 9.17) is 24.5 Å². The molecule has 3 aromatic rings. The summed E-state index contributed by atoms with van der Waals surface area (Å²) in [4.78, 5) is 15.3. The van der Waals surface area contributed by atoms with Gasteiger partial charge >= 0.3 is 5.97 Å². The number of azide groups is 1. The molecule has 0 unspecified atom stereocenters. The van der Waals surface area contributed by atoms with Crippen molar-refractivity contribution in [2.24, 2.45) is 5.11 Å². The van der Waals surface area contributed by atoms with Gasteiger partial charge in [0, 0.05) is 10.5 Å². The SMILES string of the molecule is [N-]=[N+]=N[C@H]1[C@H](OC(=O)c2ccccc2)O[C@@H]2CO[C@@H](c3ccc4ccccc4c3)O[C@H]2[C@@H]1O. The van der Waals surface area contributed by atoms with Gasteiger partial charge in [0.2, 0.25) is 6.29 Å². The molecule has 0 aliphatic carbocycles. The number of aliphatic hydroxyl groups is 1. The summed E-state index contributed by atoms with van der Waals surface area (Å²) in [5.41, 5.74) is 10.1. The van der Waals surface area contributed by atoms with E-state index in [1.807, 2.05) is 42.5 Å². The number of hydrogen-bond acceptors (Lipinski definition) is 7. The van der Waals surface area contributed by atoms with Crippen molar-refractivity contribution in [1.82, 2.24) is 0 Å². The standard InChI is InChI=1S/C24H21N3O6/c25-27-26-19-20(28)21-18(31-24(19)33-22(29)15-7-2-1-3-8-15)13-30-23(32-21)17-11-10-14-6-4-5-9-16(14)12-17/h1-12,18-21,23-24,28H,13H2/t18-,19-,20-,21-,23-,24+/m1/s1. The zero-order chi connectivity index (χ0) is 22.8. The van der Waals surface area contributed by atoms with E-state index in [1.165, 1.54) is 0 Å². The van der Waals surface area contributed by atoms with Crippen LogP contribution < -0.4 is 0 Å². The van der Waals surface area contributed by atoms with Crippen molar-refractivity contribution in [2.75, 3.05) is 6.61 Å². The van der Waals surface area contributed by atoms with E-state index in [2.05, 4.69) is 10.0 Å². The monoisotopic (exact) mass is 447 g/mol. The second kappa shape index (κ2) is 9.19. The number of hydrogen-bond donors (Lipinski definition) is 1. The number of ether oxygens (including phenoxy) is 4. The summed E-state index contributed by atoms with van der Waals surface area (Å²) < 4.78 is 23.2. The molecule has 5 rings (SSSR count). The summed E-state index contributed by atoms with van der Waals surface area (Å²) in [5.74, 6) is -0.656. The molecule has 9 nitrogen and oxygen atoms in total. The molecule has 2 aliphatic heterocycles. The number of aliphatic hydroxyl groups excluding tert-OH is 1. The molecule has 3 aromatic carbocycles. The Labute approximate surface area is 189 Å². The van der Waals surface area contributed by atoms with Gasteiger partial charge in [0.15, 0.2) is 6.29 Å². The molecule has 2 heterocycles. The fourth-order valence-corrected chi connectivity index (χ4v) is 4.13. The minimum absolute atomic E-state index is 0.0988. The molecule has 0 aromatic heterocycles. The lowest BCUT2D eigenvalue weighted by molar-refractivity contribution is -0.334. The van der Waals surface area contributed by atoms with E-state index in [9.17, 15) is 9.90 Å². The molecule has 0 saturated carbocycles. The van der Waals surface area contributed by atoms with Gasteiger partial charge in [-0.3, -0.25) is 0 Å². The Morgan fingerprint density at radius 2 is 1.79 bits per heavy atom. The van der Waals surface area contributed by atoms with Crippen molar-refractivity contribution in [1.29, 1.82) is 0 Å². The molecule has 2 aliphatic rings. The van der Waals surface area contributed by atoms with Gasteiger partial charge in [-0.2, -0.15) is 0 Å². The minimum atomic E-state index is -1.28. The lowest BCUT2D eigenvalue weighted by Gasteiger charge is -2.46. The van der Waals surface area contributed by atoms with Crippen molar-refractivity contribution in [3.05, 3.63) is 94.4 Å². The van der Waals surface area contributed by atoms with E-state index in [1.54, 1.807) is 30.3 Å². The van der Waals surface area contributed by atoms with Crippen molar-refractivity contribution in [3.63, 3.8) is 0 Å². The maximum Gasteiger partial charge on any atom is 0.340 e. The first-order valence-corrected chi connectivity index (χ1v) is 10.5.